The molecule has 2 nitrogen and oxygen atoms in total. The van der Waals surface area contributed by atoms with Gasteiger partial charge in [0.2, 0.25) is 0 Å². The van der Waals surface area contributed by atoms with Gasteiger partial charge < -0.3 is 4.84 Å². The minimum atomic E-state index is 0.596. The lowest BCUT2D eigenvalue weighted by Gasteiger charge is -2.12. The number of thioether (sulfide) groups is 1. The van der Waals surface area contributed by atoms with E-state index in [0.717, 1.165) is 6.61 Å². The second kappa shape index (κ2) is 5.01. The molecular formula is C8H17NOS. The summed E-state index contributed by atoms with van der Waals surface area (Å²) in [7, 11) is 0. The van der Waals surface area contributed by atoms with Crippen molar-refractivity contribution >= 4 is 11.8 Å². The van der Waals surface area contributed by atoms with Crippen LogP contribution in [-0.4, -0.2) is 24.2 Å². The molecule has 0 radical (unpaired) electrons. The van der Waals surface area contributed by atoms with Crippen molar-refractivity contribution in [1.82, 2.24) is 5.48 Å². The normalized spacial score (nSPS) is 24.8. The molecule has 0 spiro atoms. The zero-order valence-electron chi connectivity index (χ0n) is 7.30. The summed E-state index contributed by atoms with van der Waals surface area (Å²) in [6.45, 7) is 5.14. The molecule has 0 amide bonds. The highest BCUT2D eigenvalue weighted by Crippen LogP contribution is 2.16. The average molecular weight is 175 g/mol. The Labute approximate surface area is 73.0 Å². The van der Waals surface area contributed by atoms with Crippen molar-refractivity contribution in [2.75, 3.05) is 18.1 Å². The molecule has 1 aliphatic rings. The van der Waals surface area contributed by atoms with Crippen LogP contribution >= 0.6 is 11.8 Å². The molecule has 1 atom stereocenters. The summed E-state index contributed by atoms with van der Waals surface area (Å²) in [4.78, 5) is 5.32. The minimum absolute atomic E-state index is 0.596. The van der Waals surface area contributed by atoms with Crippen LogP contribution in [0.15, 0.2) is 0 Å². The molecule has 3 heteroatoms. The molecule has 0 aliphatic carbocycles. The van der Waals surface area contributed by atoms with E-state index in [4.69, 9.17) is 4.84 Å². The quantitative estimate of drug-likeness (QED) is 0.657. The number of nitrogens with one attached hydrogen (secondary N) is 1. The van der Waals surface area contributed by atoms with Crippen molar-refractivity contribution < 1.29 is 4.84 Å². The molecule has 66 valence electrons. The van der Waals surface area contributed by atoms with E-state index in [1.807, 2.05) is 11.8 Å². The van der Waals surface area contributed by atoms with Gasteiger partial charge in [0.05, 0.1) is 6.61 Å². The molecule has 11 heavy (non-hydrogen) atoms. The van der Waals surface area contributed by atoms with E-state index < -0.39 is 0 Å². The minimum Gasteiger partial charge on any atom is -0.301 e. The maximum absolute atomic E-state index is 5.32. The van der Waals surface area contributed by atoms with Gasteiger partial charge in [-0.1, -0.05) is 13.8 Å². The van der Waals surface area contributed by atoms with E-state index in [1.165, 1.54) is 17.9 Å². The fourth-order valence-electron chi connectivity index (χ4n) is 0.960. The highest BCUT2D eigenvalue weighted by Gasteiger charge is 2.14. The topological polar surface area (TPSA) is 21.3 Å². The van der Waals surface area contributed by atoms with Crippen molar-refractivity contribution in [1.29, 1.82) is 0 Å². The zero-order chi connectivity index (χ0) is 8.10. The lowest BCUT2D eigenvalue weighted by molar-refractivity contribution is 0.00621. The van der Waals surface area contributed by atoms with Gasteiger partial charge in [-0.05, 0) is 18.1 Å². The Morgan fingerprint density at radius 1 is 1.64 bits per heavy atom. The molecule has 1 heterocycles. The Kier molecular flexibility index (Phi) is 4.26. The van der Waals surface area contributed by atoms with E-state index in [2.05, 4.69) is 19.3 Å². The van der Waals surface area contributed by atoms with Crippen molar-refractivity contribution in [3.05, 3.63) is 0 Å². The van der Waals surface area contributed by atoms with E-state index in [0.29, 0.717) is 12.0 Å². The summed E-state index contributed by atoms with van der Waals surface area (Å²) < 4.78 is 0. The second-order valence-electron chi connectivity index (χ2n) is 3.38. The van der Waals surface area contributed by atoms with Gasteiger partial charge in [0.1, 0.15) is 0 Å². The van der Waals surface area contributed by atoms with Crippen molar-refractivity contribution in [2.45, 2.75) is 26.3 Å². The van der Waals surface area contributed by atoms with Crippen LogP contribution in [0.2, 0.25) is 0 Å². The fourth-order valence-corrected chi connectivity index (χ4v) is 2.10. The van der Waals surface area contributed by atoms with E-state index >= 15 is 0 Å². The van der Waals surface area contributed by atoms with E-state index in [-0.39, 0.29) is 0 Å². The smallest absolute Gasteiger partial charge is 0.0705 e. The van der Waals surface area contributed by atoms with Gasteiger partial charge in [-0.15, -0.1) is 0 Å². The third-order valence-electron chi connectivity index (χ3n) is 1.60. The van der Waals surface area contributed by atoms with Crippen LogP contribution in [0.5, 0.6) is 0 Å². The Bertz CT molecular complexity index is 102. The van der Waals surface area contributed by atoms with Crippen LogP contribution in [0, 0.1) is 5.92 Å². The van der Waals surface area contributed by atoms with Crippen molar-refractivity contribution in [3.63, 3.8) is 0 Å². The monoisotopic (exact) mass is 175 g/mol. The molecule has 1 saturated heterocycles. The van der Waals surface area contributed by atoms with Gasteiger partial charge in [-0.3, -0.25) is 0 Å². The summed E-state index contributed by atoms with van der Waals surface area (Å²) in [5.74, 6) is 3.11. The lowest BCUT2D eigenvalue weighted by atomic mass is 10.2. The summed E-state index contributed by atoms with van der Waals surface area (Å²) in [6.07, 6.45) is 1.25. The molecule has 1 fully saturated rings. The summed E-state index contributed by atoms with van der Waals surface area (Å²) in [6, 6.07) is 0.596. The molecule has 0 saturated carbocycles. The van der Waals surface area contributed by atoms with Crippen molar-refractivity contribution in [2.24, 2.45) is 5.92 Å². The SMILES string of the molecule is CC(C)CONC1CCSC1. The first-order chi connectivity index (χ1) is 5.29. The third-order valence-corrected chi connectivity index (χ3v) is 2.76. The van der Waals surface area contributed by atoms with Crippen LogP contribution in [0.25, 0.3) is 0 Å². The van der Waals surface area contributed by atoms with Gasteiger partial charge in [0, 0.05) is 11.8 Å². The average Bonchev–Trinajstić information content (AvgIpc) is 2.39. The highest BCUT2D eigenvalue weighted by atomic mass is 32.2. The highest BCUT2D eigenvalue weighted by molar-refractivity contribution is 7.99. The number of hydrogen-bond donors (Lipinski definition) is 1. The molecule has 1 aliphatic heterocycles. The Balaban J connectivity index is 1.94. The van der Waals surface area contributed by atoms with Crippen LogP contribution in [-0.2, 0) is 4.84 Å². The van der Waals surface area contributed by atoms with Crippen LogP contribution in [0.1, 0.15) is 20.3 Å². The predicted molar refractivity (Wildman–Crippen MR) is 49.7 cm³/mol. The molecule has 0 aromatic rings. The predicted octanol–water partition coefficient (Wildman–Crippen LogP) is 1.67. The molecule has 1 rings (SSSR count). The fraction of sp³-hybridized carbons (Fsp3) is 1.00. The zero-order valence-corrected chi connectivity index (χ0v) is 8.12. The number of hydrogen-bond acceptors (Lipinski definition) is 3. The van der Waals surface area contributed by atoms with Crippen LogP contribution in [0.4, 0.5) is 0 Å². The Morgan fingerprint density at radius 3 is 3.00 bits per heavy atom. The third kappa shape index (κ3) is 3.99. The lowest BCUT2D eigenvalue weighted by Crippen LogP contribution is -2.30. The Hall–Kier alpha value is 0.270. The molecule has 0 aromatic heterocycles. The Morgan fingerprint density at radius 2 is 2.45 bits per heavy atom. The standard InChI is InChI=1S/C8H17NOS/c1-7(2)5-10-9-8-3-4-11-6-8/h7-9H,3-6H2,1-2H3. The maximum Gasteiger partial charge on any atom is 0.0705 e. The number of hydroxylamine groups is 1. The van der Waals surface area contributed by atoms with Gasteiger partial charge in [0.15, 0.2) is 0 Å². The van der Waals surface area contributed by atoms with E-state index in [9.17, 15) is 0 Å². The molecule has 1 N–H and O–H groups in total. The van der Waals surface area contributed by atoms with Crippen molar-refractivity contribution in [3.8, 4) is 0 Å². The first-order valence-corrected chi connectivity index (χ1v) is 5.39. The molecule has 0 aromatic carbocycles. The molecular weight excluding hydrogens is 158 g/mol. The first-order valence-electron chi connectivity index (χ1n) is 4.24. The molecule has 1 unspecified atom stereocenters. The van der Waals surface area contributed by atoms with E-state index in [1.54, 1.807) is 0 Å². The van der Waals surface area contributed by atoms with Gasteiger partial charge in [-0.2, -0.15) is 17.2 Å². The molecule has 0 bridgehead atoms. The second-order valence-corrected chi connectivity index (χ2v) is 4.53. The summed E-state index contributed by atoms with van der Waals surface area (Å²) >= 11 is 2.00. The van der Waals surface area contributed by atoms with Gasteiger partial charge >= 0.3 is 0 Å². The van der Waals surface area contributed by atoms with Crippen LogP contribution < -0.4 is 5.48 Å². The van der Waals surface area contributed by atoms with Gasteiger partial charge in [0.25, 0.3) is 0 Å². The largest absolute Gasteiger partial charge is 0.301 e. The maximum atomic E-state index is 5.32. The first kappa shape index (κ1) is 9.36. The summed E-state index contributed by atoms with van der Waals surface area (Å²) in [5.41, 5.74) is 3.09. The summed E-state index contributed by atoms with van der Waals surface area (Å²) in [5, 5.41) is 0. The van der Waals surface area contributed by atoms with Crippen LogP contribution in [0.3, 0.4) is 0 Å². The van der Waals surface area contributed by atoms with Gasteiger partial charge in [-0.25, -0.2) is 0 Å². The number of rotatable bonds is 4.